The fraction of sp³-hybridized carbons (Fsp3) is 0.238. The number of carbonyl (C=O) groups is 2. The lowest BCUT2D eigenvalue weighted by atomic mass is 10.1. The molecule has 9 heteroatoms. The van der Waals surface area contributed by atoms with E-state index in [1.165, 1.54) is 12.1 Å². The molecule has 2 aromatic carbocycles. The average Bonchev–Trinajstić information content (AvgIpc) is 3.10. The minimum Gasteiger partial charge on any atom is -0.333 e. The summed E-state index contributed by atoms with van der Waals surface area (Å²) < 4.78 is 15.1. The van der Waals surface area contributed by atoms with Gasteiger partial charge in [-0.1, -0.05) is 30.0 Å². The molecule has 0 aliphatic rings. The SMILES string of the molecule is CC(C)(C)NC(=O)NC(=O)CSc1nnc(-c2ccc(F)cc2)n1-c1ccccc1. The lowest BCUT2D eigenvalue weighted by molar-refractivity contribution is -0.117. The van der Waals surface area contributed by atoms with Gasteiger partial charge in [0.15, 0.2) is 11.0 Å². The molecule has 0 atom stereocenters. The highest BCUT2D eigenvalue weighted by atomic mass is 32.2. The highest BCUT2D eigenvalue weighted by Gasteiger charge is 2.19. The Bertz CT molecular complexity index is 1030. The monoisotopic (exact) mass is 427 g/mol. The number of thioether (sulfide) groups is 1. The van der Waals surface area contributed by atoms with E-state index in [2.05, 4.69) is 20.8 Å². The van der Waals surface area contributed by atoms with Crippen molar-refractivity contribution in [1.82, 2.24) is 25.4 Å². The van der Waals surface area contributed by atoms with E-state index in [0.29, 0.717) is 16.5 Å². The molecule has 0 aliphatic heterocycles. The molecule has 3 rings (SSSR count). The first-order chi connectivity index (χ1) is 14.2. The van der Waals surface area contributed by atoms with Gasteiger partial charge in [-0.05, 0) is 57.2 Å². The number of carbonyl (C=O) groups excluding carboxylic acids is 2. The summed E-state index contributed by atoms with van der Waals surface area (Å²) in [4.78, 5) is 24.1. The average molecular weight is 428 g/mol. The maximum Gasteiger partial charge on any atom is 0.321 e. The largest absolute Gasteiger partial charge is 0.333 e. The number of rotatable bonds is 5. The summed E-state index contributed by atoms with van der Waals surface area (Å²) in [6, 6.07) is 14.8. The van der Waals surface area contributed by atoms with E-state index in [1.807, 2.05) is 51.1 Å². The summed E-state index contributed by atoms with van der Waals surface area (Å²) in [6.45, 7) is 5.47. The van der Waals surface area contributed by atoms with E-state index >= 15 is 0 Å². The molecule has 0 radical (unpaired) electrons. The molecule has 7 nitrogen and oxygen atoms in total. The lowest BCUT2D eigenvalue weighted by Gasteiger charge is -2.20. The highest BCUT2D eigenvalue weighted by molar-refractivity contribution is 7.99. The van der Waals surface area contributed by atoms with Crippen molar-refractivity contribution in [2.75, 3.05) is 5.75 Å². The van der Waals surface area contributed by atoms with E-state index in [-0.39, 0.29) is 11.6 Å². The van der Waals surface area contributed by atoms with Crippen LogP contribution in [0.15, 0.2) is 59.8 Å². The summed E-state index contributed by atoms with van der Waals surface area (Å²) in [7, 11) is 0. The first-order valence-electron chi connectivity index (χ1n) is 9.24. The van der Waals surface area contributed by atoms with Crippen molar-refractivity contribution in [3.8, 4) is 17.1 Å². The summed E-state index contributed by atoms with van der Waals surface area (Å²) in [5.74, 6) is -0.294. The number of hydrogen-bond donors (Lipinski definition) is 2. The molecule has 0 aliphatic carbocycles. The molecule has 3 aromatic rings. The number of amides is 3. The third-order valence-corrected chi connectivity index (χ3v) is 4.75. The minimum atomic E-state index is -0.551. The molecule has 0 spiro atoms. The van der Waals surface area contributed by atoms with Crippen LogP contribution in [-0.2, 0) is 4.79 Å². The van der Waals surface area contributed by atoms with Gasteiger partial charge in [-0.2, -0.15) is 0 Å². The predicted octanol–water partition coefficient (Wildman–Crippen LogP) is 3.79. The Morgan fingerprint density at radius 3 is 2.33 bits per heavy atom. The van der Waals surface area contributed by atoms with Gasteiger partial charge in [0.05, 0.1) is 5.75 Å². The Balaban J connectivity index is 1.81. The minimum absolute atomic E-state index is 0.0219. The van der Waals surface area contributed by atoms with Crippen LogP contribution in [0.3, 0.4) is 0 Å². The van der Waals surface area contributed by atoms with Crippen LogP contribution in [0.2, 0.25) is 0 Å². The maximum atomic E-state index is 13.3. The molecule has 0 bridgehead atoms. The molecule has 1 aromatic heterocycles. The number of benzene rings is 2. The molecule has 0 saturated heterocycles. The van der Waals surface area contributed by atoms with E-state index in [0.717, 1.165) is 17.4 Å². The summed E-state index contributed by atoms with van der Waals surface area (Å²) >= 11 is 1.15. The third kappa shape index (κ3) is 5.66. The number of halogens is 1. The quantitative estimate of drug-likeness (QED) is 0.605. The second-order valence-electron chi connectivity index (χ2n) is 7.53. The zero-order chi connectivity index (χ0) is 21.7. The van der Waals surface area contributed by atoms with Crippen LogP contribution >= 0.6 is 11.8 Å². The number of imide groups is 1. The van der Waals surface area contributed by atoms with Gasteiger partial charge in [-0.15, -0.1) is 10.2 Å². The van der Waals surface area contributed by atoms with Crippen molar-refractivity contribution in [2.45, 2.75) is 31.5 Å². The number of nitrogens with one attached hydrogen (secondary N) is 2. The fourth-order valence-corrected chi connectivity index (χ4v) is 3.38. The van der Waals surface area contributed by atoms with Crippen molar-refractivity contribution >= 4 is 23.7 Å². The van der Waals surface area contributed by atoms with Crippen LogP contribution in [0.5, 0.6) is 0 Å². The molecule has 3 amide bonds. The van der Waals surface area contributed by atoms with Crippen LogP contribution < -0.4 is 10.6 Å². The molecule has 1 heterocycles. The molecule has 0 unspecified atom stereocenters. The van der Waals surface area contributed by atoms with Crippen LogP contribution in [0.25, 0.3) is 17.1 Å². The summed E-state index contributed by atoms with van der Waals surface area (Å²) in [5.41, 5.74) is 1.04. The maximum absolute atomic E-state index is 13.3. The van der Waals surface area contributed by atoms with Crippen LogP contribution in [-0.4, -0.2) is 38.0 Å². The Morgan fingerprint density at radius 2 is 1.70 bits per heavy atom. The highest BCUT2D eigenvalue weighted by Crippen LogP contribution is 2.28. The van der Waals surface area contributed by atoms with Crippen molar-refractivity contribution in [3.05, 3.63) is 60.4 Å². The van der Waals surface area contributed by atoms with Crippen LogP contribution in [0, 0.1) is 5.82 Å². The predicted molar refractivity (Wildman–Crippen MR) is 114 cm³/mol. The van der Waals surface area contributed by atoms with Gasteiger partial charge in [0.25, 0.3) is 0 Å². The molecule has 0 saturated carbocycles. The number of para-hydroxylation sites is 1. The number of urea groups is 1. The molecule has 156 valence electrons. The van der Waals surface area contributed by atoms with Gasteiger partial charge in [0, 0.05) is 16.8 Å². The standard InChI is InChI=1S/C21H22FN5O2S/c1-21(2,3)24-19(29)23-17(28)13-30-20-26-25-18(14-9-11-15(22)12-10-14)27(20)16-7-5-4-6-8-16/h4-12H,13H2,1-3H3,(H2,23,24,28,29). The molecular weight excluding hydrogens is 405 g/mol. The van der Waals surface area contributed by atoms with E-state index in [4.69, 9.17) is 0 Å². The third-order valence-electron chi connectivity index (χ3n) is 3.82. The van der Waals surface area contributed by atoms with Crippen molar-refractivity contribution in [1.29, 1.82) is 0 Å². The number of hydrogen-bond acceptors (Lipinski definition) is 5. The Morgan fingerprint density at radius 1 is 1.03 bits per heavy atom. The first-order valence-corrected chi connectivity index (χ1v) is 10.2. The zero-order valence-electron chi connectivity index (χ0n) is 16.8. The van der Waals surface area contributed by atoms with Gasteiger partial charge >= 0.3 is 6.03 Å². The topological polar surface area (TPSA) is 88.9 Å². The van der Waals surface area contributed by atoms with E-state index < -0.39 is 17.5 Å². The number of aromatic nitrogens is 3. The lowest BCUT2D eigenvalue weighted by Crippen LogP contribution is -2.48. The zero-order valence-corrected chi connectivity index (χ0v) is 17.7. The Hall–Kier alpha value is -3.20. The van der Waals surface area contributed by atoms with Crippen LogP contribution in [0.1, 0.15) is 20.8 Å². The second kappa shape index (κ2) is 9.08. The van der Waals surface area contributed by atoms with Gasteiger partial charge in [-0.3, -0.25) is 14.7 Å². The van der Waals surface area contributed by atoms with Crippen molar-refractivity contribution < 1.29 is 14.0 Å². The van der Waals surface area contributed by atoms with Gasteiger partial charge in [0.2, 0.25) is 5.91 Å². The smallest absolute Gasteiger partial charge is 0.321 e. The van der Waals surface area contributed by atoms with Gasteiger partial charge in [-0.25, -0.2) is 9.18 Å². The molecule has 0 fully saturated rings. The Labute approximate surface area is 178 Å². The van der Waals surface area contributed by atoms with Gasteiger partial charge < -0.3 is 5.32 Å². The normalized spacial score (nSPS) is 11.2. The fourth-order valence-electron chi connectivity index (χ4n) is 2.62. The summed E-state index contributed by atoms with van der Waals surface area (Å²) in [5, 5.41) is 13.9. The number of nitrogens with zero attached hydrogens (tertiary/aromatic N) is 3. The van der Waals surface area contributed by atoms with E-state index in [1.54, 1.807) is 16.7 Å². The summed E-state index contributed by atoms with van der Waals surface area (Å²) in [6.07, 6.45) is 0. The molecule has 2 N–H and O–H groups in total. The van der Waals surface area contributed by atoms with Crippen molar-refractivity contribution in [3.63, 3.8) is 0 Å². The van der Waals surface area contributed by atoms with Crippen LogP contribution in [0.4, 0.5) is 9.18 Å². The van der Waals surface area contributed by atoms with Crippen molar-refractivity contribution in [2.24, 2.45) is 0 Å². The van der Waals surface area contributed by atoms with E-state index in [9.17, 15) is 14.0 Å². The first kappa shape index (κ1) is 21.5. The second-order valence-corrected chi connectivity index (χ2v) is 8.47. The van der Waals surface area contributed by atoms with Gasteiger partial charge in [0.1, 0.15) is 5.82 Å². The molecular formula is C21H22FN5O2S. The molecule has 30 heavy (non-hydrogen) atoms. The Kier molecular flexibility index (Phi) is 6.51.